The summed E-state index contributed by atoms with van der Waals surface area (Å²) in [6.45, 7) is 0. The molecule has 0 bridgehead atoms. The molecule has 0 amide bonds. The molecule has 1 heterocycles. The second-order valence-electron chi connectivity index (χ2n) is 5.56. The Balaban J connectivity index is 2.11. The number of rotatable bonds is 4. The van der Waals surface area contributed by atoms with Crippen molar-refractivity contribution in [3.63, 3.8) is 0 Å². The highest BCUT2D eigenvalue weighted by atomic mass is 32.2. The maximum atomic E-state index is 13.5. The van der Waals surface area contributed by atoms with Gasteiger partial charge in [-0.15, -0.1) is 0 Å². The molecule has 1 unspecified atom stereocenters. The van der Waals surface area contributed by atoms with Crippen LogP contribution in [-0.2, 0) is 23.0 Å². The zero-order valence-corrected chi connectivity index (χ0v) is 14.2. The summed E-state index contributed by atoms with van der Waals surface area (Å²) in [7, 11) is 0. The molecule has 0 aliphatic carbocycles. The minimum Gasteiger partial charge on any atom is -0.772 e. The summed E-state index contributed by atoms with van der Waals surface area (Å²) in [6, 6.07) is 8.36. The van der Waals surface area contributed by atoms with Gasteiger partial charge in [0, 0.05) is 23.2 Å². The van der Waals surface area contributed by atoms with Gasteiger partial charge < -0.3 is 4.55 Å². The monoisotopic (exact) mass is 401 g/mol. The largest absolute Gasteiger partial charge is 0.772 e. The van der Waals surface area contributed by atoms with Gasteiger partial charge in [-0.05, 0) is 35.9 Å². The summed E-state index contributed by atoms with van der Waals surface area (Å²) >= 11 is -2.31. The van der Waals surface area contributed by atoms with Gasteiger partial charge in [-0.25, -0.2) is 13.8 Å². The van der Waals surface area contributed by atoms with Crippen molar-refractivity contribution in [1.29, 1.82) is 0 Å². The Morgan fingerprint density at radius 3 is 2.26 bits per heavy atom. The summed E-state index contributed by atoms with van der Waals surface area (Å²) < 4.78 is 88.5. The topological polar surface area (TPSA) is 57.9 Å². The van der Waals surface area contributed by atoms with Crippen molar-refractivity contribution in [3.8, 4) is 17.1 Å². The lowest BCUT2D eigenvalue weighted by molar-refractivity contribution is -0.140. The third-order valence-electron chi connectivity index (χ3n) is 3.67. The molecule has 0 saturated carbocycles. The highest BCUT2D eigenvalue weighted by molar-refractivity contribution is 7.78. The zero-order chi connectivity index (χ0) is 19.8. The van der Waals surface area contributed by atoms with E-state index < -0.39 is 34.6 Å². The Hall–Kier alpha value is -2.59. The molecule has 142 valence electrons. The van der Waals surface area contributed by atoms with Crippen LogP contribution < -0.4 is 0 Å². The van der Waals surface area contributed by atoms with E-state index in [9.17, 15) is 30.7 Å². The summed E-state index contributed by atoms with van der Waals surface area (Å²) in [5.74, 6) is -2.83. The van der Waals surface area contributed by atoms with Crippen molar-refractivity contribution in [3.05, 3.63) is 71.6 Å². The summed E-state index contributed by atoms with van der Waals surface area (Å²) in [6.07, 6.45) is -4.00. The summed E-state index contributed by atoms with van der Waals surface area (Å²) in [5, 5.41) is 0. The predicted octanol–water partition coefficient (Wildman–Crippen LogP) is 4.22. The number of halogens is 5. The molecule has 2 aromatic carbocycles. The first-order valence-electron chi connectivity index (χ1n) is 7.42. The zero-order valence-electron chi connectivity index (χ0n) is 13.3. The number of imidazole rings is 1. The van der Waals surface area contributed by atoms with Crippen LogP contribution in [-0.4, -0.2) is 18.3 Å². The molecule has 0 aliphatic heterocycles. The fourth-order valence-electron chi connectivity index (χ4n) is 2.44. The minimum absolute atomic E-state index is 0.0471. The lowest BCUT2D eigenvalue weighted by atomic mass is 10.2. The highest BCUT2D eigenvalue weighted by Gasteiger charge is 2.35. The van der Waals surface area contributed by atoms with Gasteiger partial charge in [-0.3, -0.25) is 8.78 Å². The van der Waals surface area contributed by atoms with Gasteiger partial charge in [-0.1, -0.05) is 23.2 Å². The van der Waals surface area contributed by atoms with Gasteiger partial charge in [-0.2, -0.15) is 13.2 Å². The molecule has 0 saturated heterocycles. The van der Waals surface area contributed by atoms with Crippen molar-refractivity contribution in [2.45, 2.75) is 11.9 Å². The van der Waals surface area contributed by atoms with Crippen LogP contribution >= 0.6 is 0 Å². The molecule has 27 heavy (non-hydrogen) atoms. The molecule has 3 rings (SSSR count). The number of hydrogen-bond acceptors (Lipinski definition) is 3. The number of benzene rings is 2. The highest BCUT2D eigenvalue weighted by Crippen LogP contribution is 2.33. The van der Waals surface area contributed by atoms with Crippen molar-refractivity contribution >= 4 is 11.1 Å². The van der Waals surface area contributed by atoms with E-state index in [2.05, 4.69) is 4.98 Å². The van der Waals surface area contributed by atoms with Gasteiger partial charge in [0.05, 0.1) is 0 Å². The maximum Gasteiger partial charge on any atom is 0.434 e. The normalized spacial score (nSPS) is 13.0. The van der Waals surface area contributed by atoms with Crippen LogP contribution in [0.15, 0.2) is 48.7 Å². The maximum absolute atomic E-state index is 13.5. The number of alkyl halides is 3. The van der Waals surface area contributed by atoms with E-state index in [1.807, 2.05) is 0 Å². The molecular weight excluding hydrogens is 391 g/mol. The van der Waals surface area contributed by atoms with E-state index >= 15 is 0 Å². The average molecular weight is 401 g/mol. The summed E-state index contributed by atoms with van der Waals surface area (Å²) in [4.78, 5) is 3.52. The number of aromatic nitrogens is 2. The van der Waals surface area contributed by atoms with Gasteiger partial charge in [0.1, 0.15) is 5.82 Å². The van der Waals surface area contributed by atoms with Crippen molar-refractivity contribution < 1.29 is 30.7 Å². The Kier molecular flexibility index (Phi) is 5.11. The molecule has 1 aromatic heterocycles. The molecule has 3 aromatic rings. The molecule has 0 aliphatic rings. The van der Waals surface area contributed by atoms with Crippen LogP contribution in [0.1, 0.15) is 11.3 Å². The molecule has 0 spiro atoms. The first-order valence-corrected chi connectivity index (χ1v) is 8.67. The fourth-order valence-corrected chi connectivity index (χ4v) is 2.91. The van der Waals surface area contributed by atoms with Crippen LogP contribution in [0.3, 0.4) is 0 Å². The van der Waals surface area contributed by atoms with Crippen LogP contribution in [0.4, 0.5) is 22.0 Å². The SMILES string of the molecule is O=S([O-])Cc1ccc(-n2cc(C(F)(F)F)nc2-c2ccc(F)c(F)c2)cc1. The Morgan fingerprint density at radius 2 is 1.70 bits per heavy atom. The van der Waals surface area contributed by atoms with Crippen LogP contribution in [0.2, 0.25) is 0 Å². The quantitative estimate of drug-likeness (QED) is 0.486. The average Bonchev–Trinajstić information content (AvgIpc) is 3.03. The lowest BCUT2D eigenvalue weighted by Crippen LogP contribution is -2.05. The first kappa shape index (κ1) is 19.2. The van der Waals surface area contributed by atoms with E-state index in [0.717, 1.165) is 29.0 Å². The van der Waals surface area contributed by atoms with Gasteiger partial charge in [0.2, 0.25) is 0 Å². The lowest BCUT2D eigenvalue weighted by Gasteiger charge is -2.10. The standard InChI is InChI=1S/C17H11F5N2O2S/c18-13-6-3-11(7-14(13)19)16-23-15(17(20,21)22)8-24(16)12-4-1-10(2-5-12)9-27(25)26/h1-8H,9H2,(H,25,26)/p-1. The second kappa shape index (κ2) is 7.20. The molecule has 0 radical (unpaired) electrons. The van der Waals surface area contributed by atoms with Crippen molar-refractivity contribution in [2.75, 3.05) is 0 Å². The van der Waals surface area contributed by atoms with Gasteiger partial charge >= 0.3 is 6.18 Å². The molecule has 10 heteroatoms. The number of hydrogen-bond donors (Lipinski definition) is 0. The Morgan fingerprint density at radius 1 is 1.04 bits per heavy atom. The molecule has 1 atom stereocenters. The van der Waals surface area contributed by atoms with Crippen molar-refractivity contribution in [2.24, 2.45) is 0 Å². The first-order chi connectivity index (χ1) is 12.6. The molecular formula is C17H10F5N2O2S-. The Bertz CT molecular complexity index is 1000. The van der Waals surface area contributed by atoms with Gasteiger partial charge in [0.15, 0.2) is 17.3 Å². The molecule has 0 fully saturated rings. The van der Waals surface area contributed by atoms with E-state index in [0.29, 0.717) is 5.56 Å². The fraction of sp³-hybridized carbons (Fsp3) is 0.118. The van der Waals surface area contributed by atoms with E-state index in [-0.39, 0.29) is 22.8 Å². The number of nitrogens with zero attached hydrogens (tertiary/aromatic N) is 2. The minimum atomic E-state index is -4.74. The second-order valence-corrected chi connectivity index (χ2v) is 6.46. The van der Waals surface area contributed by atoms with Crippen LogP contribution in [0.5, 0.6) is 0 Å². The molecule has 0 N–H and O–H groups in total. The Labute approximate surface area is 152 Å². The molecule has 4 nitrogen and oxygen atoms in total. The van der Waals surface area contributed by atoms with E-state index in [1.54, 1.807) is 0 Å². The van der Waals surface area contributed by atoms with Crippen LogP contribution in [0, 0.1) is 11.6 Å². The van der Waals surface area contributed by atoms with E-state index in [4.69, 9.17) is 0 Å². The van der Waals surface area contributed by atoms with E-state index in [1.165, 1.54) is 24.3 Å². The third-order valence-corrected chi connectivity index (χ3v) is 4.24. The van der Waals surface area contributed by atoms with Crippen molar-refractivity contribution in [1.82, 2.24) is 9.55 Å². The van der Waals surface area contributed by atoms with Crippen LogP contribution in [0.25, 0.3) is 17.1 Å². The van der Waals surface area contributed by atoms with Gasteiger partial charge in [0.25, 0.3) is 0 Å². The predicted molar refractivity (Wildman–Crippen MR) is 86.5 cm³/mol. The smallest absolute Gasteiger partial charge is 0.434 e. The third kappa shape index (κ3) is 4.22. The summed E-state index contributed by atoms with van der Waals surface area (Å²) in [5.41, 5.74) is -0.558.